The topological polar surface area (TPSA) is 46.9 Å². The van der Waals surface area contributed by atoms with Crippen molar-refractivity contribution in [1.29, 1.82) is 0 Å². The van der Waals surface area contributed by atoms with E-state index in [1.165, 1.54) is 0 Å². The molecular formula is C11H17N3O. The summed E-state index contributed by atoms with van der Waals surface area (Å²) in [6.07, 6.45) is 3.68. The summed E-state index contributed by atoms with van der Waals surface area (Å²) < 4.78 is 1.76. The number of ketones is 1. The third kappa shape index (κ3) is 1.69. The van der Waals surface area contributed by atoms with Crippen LogP contribution in [0.4, 0.5) is 0 Å². The summed E-state index contributed by atoms with van der Waals surface area (Å²) in [6.45, 7) is 5.65. The van der Waals surface area contributed by atoms with Gasteiger partial charge in [-0.15, -0.1) is 0 Å². The van der Waals surface area contributed by atoms with Crippen molar-refractivity contribution in [2.24, 2.45) is 0 Å². The van der Waals surface area contributed by atoms with Crippen LogP contribution in [-0.2, 0) is 6.54 Å². The average molecular weight is 207 g/mol. The highest BCUT2D eigenvalue weighted by atomic mass is 16.1. The molecule has 82 valence electrons. The molecule has 0 aliphatic carbocycles. The number of hydrogen-bond acceptors (Lipinski definition) is 3. The number of carbonyl (C=O) groups is 1. The molecule has 15 heavy (non-hydrogen) atoms. The molecule has 1 aromatic heterocycles. The Labute approximate surface area is 89.7 Å². The number of aryl methyl sites for hydroxylation is 1. The normalized spacial score (nSPS) is 25.7. The summed E-state index contributed by atoms with van der Waals surface area (Å²) in [4.78, 5) is 12.3. The summed E-state index contributed by atoms with van der Waals surface area (Å²) >= 11 is 0. The van der Waals surface area contributed by atoms with E-state index in [9.17, 15) is 4.79 Å². The standard InChI is InChI=1S/C11H17N3O/c1-3-14-9(5-8-13-14)10(15)11(2)6-4-7-12-11/h5,8,12H,3-4,6-7H2,1-2H3. The predicted molar refractivity (Wildman–Crippen MR) is 57.9 cm³/mol. The van der Waals surface area contributed by atoms with E-state index in [-0.39, 0.29) is 11.3 Å². The Morgan fingerprint density at radius 1 is 1.73 bits per heavy atom. The van der Waals surface area contributed by atoms with Crippen molar-refractivity contribution < 1.29 is 4.79 Å². The molecule has 1 aliphatic rings. The number of rotatable bonds is 3. The minimum atomic E-state index is -0.382. The monoisotopic (exact) mass is 207 g/mol. The fourth-order valence-electron chi connectivity index (χ4n) is 2.15. The van der Waals surface area contributed by atoms with Gasteiger partial charge in [-0.3, -0.25) is 9.48 Å². The van der Waals surface area contributed by atoms with Crippen LogP contribution in [0.2, 0.25) is 0 Å². The van der Waals surface area contributed by atoms with Crippen LogP contribution < -0.4 is 5.32 Å². The first kappa shape index (κ1) is 10.4. The van der Waals surface area contributed by atoms with Gasteiger partial charge in [-0.1, -0.05) is 0 Å². The third-order valence-electron chi connectivity index (χ3n) is 3.12. The second kappa shape index (κ2) is 3.77. The first-order valence-electron chi connectivity index (χ1n) is 5.49. The first-order chi connectivity index (χ1) is 7.17. The predicted octanol–water partition coefficient (Wildman–Crippen LogP) is 1.23. The summed E-state index contributed by atoms with van der Waals surface area (Å²) in [5.74, 6) is 0.166. The van der Waals surface area contributed by atoms with E-state index in [0.29, 0.717) is 0 Å². The largest absolute Gasteiger partial charge is 0.305 e. The van der Waals surface area contributed by atoms with Crippen LogP contribution in [0.5, 0.6) is 0 Å². The second-order valence-electron chi connectivity index (χ2n) is 4.22. The van der Waals surface area contributed by atoms with E-state index in [4.69, 9.17) is 0 Å². The van der Waals surface area contributed by atoms with Crippen LogP contribution in [0, 0.1) is 0 Å². The van der Waals surface area contributed by atoms with Gasteiger partial charge in [-0.2, -0.15) is 5.10 Å². The quantitative estimate of drug-likeness (QED) is 0.758. The SMILES string of the molecule is CCn1nccc1C(=O)C1(C)CCCN1. The van der Waals surface area contributed by atoms with Crippen molar-refractivity contribution in [3.8, 4) is 0 Å². The zero-order valence-corrected chi connectivity index (χ0v) is 9.29. The molecule has 1 saturated heterocycles. The van der Waals surface area contributed by atoms with Crippen LogP contribution in [0.1, 0.15) is 37.2 Å². The van der Waals surface area contributed by atoms with Gasteiger partial charge in [0, 0.05) is 12.7 Å². The average Bonchev–Trinajstić information content (AvgIpc) is 2.85. The minimum absolute atomic E-state index is 0.166. The van der Waals surface area contributed by atoms with Crippen LogP contribution in [0.3, 0.4) is 0 Å². The van der Waals surface area contributed by atoms with Crippen molar-refractivity contribution in [3.63, 3.8) is 0 Å². The molecule has 0 saturated carbocycles. The van der Waals surface area contributed by atoms with Gasteiger partial charge < -0.3 is 5.32 Å². The second-order valence-corrected chi connectivity index (χ2v) is 4.22. The molecule has 0 bridgehead atoms. The Morgan fingerprint density at radius 3 is 3.13 bits per heavy atom. The van der Waals surface area contributed by atoms with Gasteiger partial charge in [0.05, 0.1) is 5.54 Å². The molecule has 1 N–H and O–H groups in total. The van der Waals surface area contributed by atoms with E-state index >= 15 is 0 Å². The lowest BCUT2D eigenvalue weighted by Gasteiger charge is -2.22. The van der Waals surface area contributed by atoms with E-state index < -0.39 is 0 Å². The van der Waals surface area contributed by atoms with E-state index in [0.717, 1.165) is 31.6 Å². The molecule has 0 aromatic carbocycles. The van der Waals surface area contributed by atoms with Crippen LogP contribution in [0.25, 0.3) is 0 Å². The van der Waals surface area contributed by atoms with Gasteiger partial charge in [-0.05, 0) is 39.3 Å². The molecule has 4 nitrogen and oxygen atoms in total. The van der Waals surface area contributed by atoms with Gasteiger partial charge in [0.2, 0.25) is 5.78 Å². The lowest BCUT2D eigenvalue weighted by atomic mass is 9.92. The van der Waals surface area contributed by atoms with Crippen molar-refractivity contribution in [2.75, 3.05) is 6.54 Å². The fraction of sp³-hybridized carbons (Fsp3) is 0.636. The molecule has 1 aromatic rings. The molecular weight excluding hydrogens is 190 g/mol. The summed E-state index contributed by atoms with van der Waals surface area (Å²) in [5.41, 5.74) is 0.335. The highest BCUT2D eigenvalue weighted by molar-refractivity contribution is 6.01. The smallest absolute Gasteiger partial charge is 0.200 e. The molecule has 0 amide bonds. The van der Waals surface area contributed by atoms with Gasteiger partial charge in [0.15, 0.2) is 0 Å². The Morgan fingerprint density at radius 2 is 2.53 bits per heavy atom. The Balaban J connectivity index is 2.27. The van der Waals surface area contributed by atoms with Crippen molar-refractivity contribution >= 4 is 5.78 Å². The molecule has 2 rings (SSSR count). The molecule has 1 atom stereocenters. The molecule has 0 spiro atoms. The zero-order chi connectivity index (χ0) is 10.9. The first-order valence-corrected chi connectivity index (χ1v) is 5.49. The van der Waals surface area contributed by atoms with Gasteiger partial charge in [0.1, 0.15) is 5.69 Å². The fourth-order valence-corrected chi connectivity index (χ4v) is 2.15. The van der Waals surface area contributed by atoms with E-state index in [2.05, 4.69) is 10.4 Å². The molecule has 1 fully saturated rings. The highest BCUT2D eigenvalue weighted by Crippen LogP contribution is 2.23. The summed E-state index contributed by atoms with van der Waals surface area (Å²) in [7, 11) is 0. The number of nitrogens with zero attached hydrogens (tertiary/aromatic N) is 2. The summed E-state index contributed by atoms with van der Waals surface area (Å²) in [6, 6.07) is 1.80. The van der Waals surface area contributed by atoms with E-state index in [1.54, 1.807) is 16.9 Å². The van der Waals surface area contributed by atoms with Gasteiger partial charge in [0.25, 0.3) is 0 Å². The molecule has 4 heteroatoms. The maximum atomic E-state index is 12.3. The molecule has 1 unspecified atom stereocenters. The van der Waals surface area contributed by atoms with Crippen LogP contribution in [-0.4, -0.2) is 27.6 Å². The Hall–Kier alpha value is -1.16. The maximum absolute atomic E-state index is 12.3. The summed E-state index contributed by atoms with van der Waals surface area (Å²) in [5, 5.41) is 7.41. The van der Waals surface area contributed by atoms with Gasteiger partial charge >= 0.3 is 0 Å². The lowest BCUT2D eigenvalue weighted by molar-refractivity contribution is 0.0873. The lowest BCUT2D eigenvalue weighted by Crippen LogP contribution is -2.45. The number of hydrogen-bond donors (Lipinski definition) is 1. The molecule has 0 radical (unpaired) electrons. The Kier molecular flexibility index (Phi) is 2.61. The number of aromatic nitrogens is 2. The number of nitrogens with one attached hydrogen (secondary N) is 1. The van der Waals surface area contributed by atoms with Crippen LogP contribution >= 0.6 is 0 Å². The molecule has 2 heterocycles. The maximum Gasteiger partial charge on any atom is 0.200 e. The van der Waals surface area contributed by atoms with E-state index in [1.807, 2.05) is 13.8 Å². The zero-order valence-electron chi connectivity index (χ0n) is 9.29. The van der Waals surface area contributed by atoms with Crippen LogP contribution in [0.15, 0.2) is 12.3 Å². The van der Waals surface area contributed by atoms with Gasteiger partial charge in [-0.25, -0.2) is 0 Å². The number of carbonyl (C=O) groups excluding carboxylic acids is 1. The van der Waals surface area contributed by atoms with Crippen molar-refractivity contribution in [3.05, 3.63) is 18.0 Å². The number of Topliss-reactive ketones (excluding diaryl/α,β-unsaturated/α-hetero) is 1. The third-order valence-corrected chi connectivity index (χ3v) is 3.12. The molecule has 1 aliphatic heterocycles. The highest BCUT2D eigenvalue weighted by Gasteiger charge is 2.37. The van der Waals surface area contributed by atoms with Crippen molar-refractivity contribution in [1.82, 2.24) is 15.1 Å². The van der Waals surface area contributed by atoms with Crippen molar-refractivity contribution in [2.45, 2.75) is 38.8 Å². The Bertz CT molecular complexity index is 364. The minimum Gasteiger partial charge on any atom is -0.305 e.